The maximum atomic E-state index is 14.4. The van der Waals surface area contributed by atoms with Gasteiger partial charge in [-0.3, -0.25) is 4.99 Å². The van der Waals surface area contributed by atoms with E-state index in [2.05, 4.69) is 10.3 Å². The van der Waals surface area contributed by atoms with Crippen LogP contribution in [0.25, 0.3) is 11.1 Å². The van der Waals surface area contributed by atoms with Crippen molar-refractivity contribution in [2.45, 2.75) is 17.9 Å². The lowest BCUT2D eigenvalue weighted by Gasteiger charge is -2.12. The first-order valence-electron chi connectivity index (χ1n) is 7.78. The fourth-order valence-corrected chi connectivity index (χ4v) is 2.81. The molecule has 0 aliphatic heterocycles. The molecular weight excluding hydrogens is 359 g/mol. The van der Waals surface area contributed by atoms with E-state index in [1.807, 2.05) is 0 Å². The molecule has 0 aromatic heterocycles. The number of aliphatic hydroxyl groups excluding tert-OH is 1. The zero-order valence-electron chi connectivity index (χ0n) is 14.2. The van der Waals surface area contributed by atoms with E-state index in [4.69, 9.17) is 10.9 Å². The molecule has 2 rings (SSSR count). The maximum absolute atomic E-state index is 14.4. The largest absolute Gasteiger partial charge is 0.389 e. The van der Waals surface area contributed by atoms with Crippen LogP contribution < -0.4 is 16.2 Å². The lowest BCUT2D eigenvalue weighted by molar-refractivity contribution is 0.196. The van der Waals surface area contributed by atoms with Crippen LogP contribution in [-0.2, 0) is 10.0 Å². The van der Waals surface area contributed by atoms with E-state index in [0.29, 0.717) is 17.1 Å². The van der Waals surface area contributed by atoms with E-state index in [0.717, 1.165) is 0 Å². The van der Waals surface area contributed by atoms with E-state index < -0.39 is 21.9 Å². The van der Waals surface area contributed by atoms with Crippen molar-refractivity contribution in [3.63, 3.8) is 0 Å². The Morgan fingerprint density at radius 3 is 2.65 bits per heavy atom. The Labute approximate surface area is 151 Å². The van der Waals surface area contributed by atoms with Gasteiger partial charge in [-0.2, -0.15) is 0 Å². The number of rotatable bonds is 7. The van der Waals surface area contributed by atoms with Crippen LogP contribution >= 0.6 is 0 Å². The molecule has 2 aromatic rings. The predicted octanol–water partition coefficient (Wildman–Crippen LogP) is 1.29. The van der Waals surface area contributed by atoms with Crippen LogP contribution in [0.1, 0.15) is 6.92 Å². The monoisotopic (exact) mass is 380 g/mol. The van der Waals surface area contributed by atoms with Gasteiger partial charge in [0, 0.05) is 17.8 Å². The summed E-state index contributed by atoms with van der Waals surface area (Å²) in [6.45, 7) is 1.95. The Balaban J connectivity index is 2.14. The van der Waals surface area contributed by atoms with Gasteiger partial charge in [0.25, 0.3) is 0 Å². The quantitative estimate of drug-likeness (QED) is 0.425. The third-order valence-corrected chi connectivity index (χ3v) is 4.45. The van der Waals surface area contributed by atoms with Crippen LogP contribution in [0.15, 0.2) is 52.4 Å². The predicted molar refractivity (Wildman–Crippen MR) is 99.9 cm³/mol. The van der Waals surface area contributed by atoms with Crippen molar-refractivity contribution < 1.29 is 17.9 Å². The number of primary sulfonamides is 1. The number of amidine groups is 1. The lowest BCUT2D eigenvalue weighted by Crippen LogP contribution is -2.23. The first-order chi connectivity index (χ1) is 12.2. The number of aliphatic imine (C=N–C) groups is 1. The molecule has 7 nitrogen and oxygen atoms in total. The summed E-state index contributed by atoms with van der Waals surface area (Å²) in [6, 6.07) is 10.2. The summed E-state index contributed by atoms with van der Waals surface area (Å²) in [4.78, 5) is 3.82. The SMILES string of the molecule is CC(N)=NC[C@H](O)CNc1ccc(-c2cccc(S(N)(=O)=O)c2)c(F)c1. The summed E-state index contributed by atoms with van der Waals surface area (Å²) in [5.41, 5.74) is 6.51. The molecule has 9 heteroatoms. The number of aliphatic hydroxyl groups is 1. The van der Waals surface area contributed by atoms with Gasteiger partial charge in [-0.05, 0) is 42.8 Å². The third kappa shape index (κ3) is 5.51. The number of anilines is 1. The minimum atomic E-state index is -3.87. The summed E-state index contributed by atoms with van der Waals surface area (Å²) >= 11 is 0. The topological polar surface area (TPSA) is 131 Å². The standard InChI is InChI=1S/C17H21FN4O3S/c1-11(19)21-9-14(23)10-22-13-5-6-16(17(18)8-13)12-3-2-4-15(7-12)26(20,24)25/h2-8,14,22-23H,9-10H2,1H3,(H2,19,21)(H2,20,24,25)/t14-/m0/s1. The molecule has 2 aromatic carbocycles. The third-order valence-electron chi connectivity index (χ3n) is 3.54. The number of nitrogens with one attached hydrogen (secondary N) is 1. The van der Waals surface area contributed by atoms with E-state index >= 15 is 0 Å². The van der Waals surface area contributed by atoms with Crippen LogP contribution in [0.5, 0.6) is 0 Å². The fraction of sp³-hybridized carbons (Fsp3) is 0.235. The lowest BCUT2D eigenvalue weighted by atomic mass is 10.0. The summed E-state index contributed by atoms with van der Waals surface area (Å²) in [5, 5.41) is 17.8. The summed E-state index contributed by atoms with van der Waals surface area (Å²) in [5.74, 6) is -0.159. The molecule has 0 radical (unpaired) electrons. The second kappa shape index (κ2) is 8.26. The molecule has 0 spiro atoms. The normalized spacial score (nSPS) is 13.5. The number of nitrogens with two attached hydrogens (primary N) is 2. The number of hydrogen-bond donors (Lipinski definition) is 4. The molecular formula is C17H21FN4O3S. The van der Waals surface area contributed by atoms with Gasteiger partial charge in [-0.1, -0.05) is 12.1 Å². The first-order valence-corrected chi connectivity index (χ1v) is 9.32. The molecule has 1 atom stereocenters. The minimum absolute atomic E-state index is 0.0875. The van der Waals surface area contributed by atoms with E-state index in [-0.39, 0.29) is 23.5 Å². The highest BCUT2D eigenvalue weighted by Gasteiger charge is 2.12. The molecule has 0 aliphatic carbocycles. The summed E-state index contributed by atoms with van der Waals surface area (Å²) < 4.78 is 37.3. The molecule has 0 saturated heterocycles. The highest BCUT2D eigenvalue weighted by molar-refractivity contribution is 7.89. The van der Waals surface area contributed by atoms with E-state index in [1.54, 1.807) is 19.1 Å². The molecule has 0 aliphatic rings. The molecule has 0 heterocycles. The zero-order valence-corrected chi connectivity index (χ0v) is 15.0. The molecule has 0 saturated carbocycles. The van der Waals surface area contributed by atoms with Crippen LogP contribution in [0.2, 0.25) is 0 Å². The Morgan fingerprint density at radius 1 is 1.31 bits per heavy atom. The van der Waals surface area contributed by atoms with Crippen molar-refractivity contribution in [1.82, 2.24) is 0 Å². The smallest absolute Gasteiger partial charge is 0.238 e. The molecule has 0 fully saturated rings. The molecule has 0 unspecified atom stereocenters. The average molecular weight is 380 g/mol. The van der Waals surface area contributed by atoms with E-state index in [1.165, 1.54) is 30.3 Å². The summed E-state index contributed by atoms with van der Waals surface area (Å²) in [7, 11) is -3.87. The minimum Gasteiger partial charge on any atom is -0.389 e. The van der Waals surface area contributed by atoms with Crippen molar-refractivity contribution in [2.24, 2.45) is 15.9 Å². The van der Waals surface area contributed by atoms with Crippen LogP contribution in [-0.4, -0.2) is 38.6 Å². The highest BCUT2D eigenvalue weighted by atomic mass is 32.2. The number of nitrogens with zero attached hydrogens (tertiary/aromatic N) is 1. The van der Waals surface area contributed by atoms with Crippen molar-refractivity contribution >= 4 is 21.5 Å². The van der Waals surface area contributed by atoms with Crippen molar-refractivity contribution in [2.75, 3.05) is 18.4 Å². The molecule has 0 bridgehead atoms. The van der Waals surface area contributed by atoms with Gasteiger partial charge in [0.15, 0.2) is 0 Å². The summed E-state index contributed by atoms with van der Waals surface area (Å²) in [6.07, 6.45) is -0.761. The maximum Gasteiger partial charge on any atom is 0.238 e. The molecule has 0 amide bonds. The highest BCUT2D eigenvalue weighted by Crippen LogP contribution is 2.27. The van der Waals surface area contributed by atoms with Gasteiger partial charge < -0.3 is 16.2 Å². The zero-order chi connectivity index (χ0) is 19.3. The average Bonchev–Trinajstić information content (AvgIpc) is 2.57. The van der Waals surface area contributed by atoms with E-state index in [9.17, 15) is 17.9 Å². The number of halogens is 1. The van der Waals surface area contributed by atoms with Gasteiger partial charge in [-0.25, -0.2) is 17.9 Å². The molecule has 140 valence electrons. The fourth-order valence-electron chi connectivity index (χ4n) is 2.25. The van der Waals surface area contributed by atoms with Gasteiger partial charge in [0.1, 0.15) is 5.82 Å². The molecule has 6 N–H and O–H groups in total. The Morgan fingerprint density at radius 2 is 2.04 bits per heavy atom. The number of hydrogen-bond acceptors (Lipinski definition) is 5. The van der Waals surface area contributed by atoms with Gasteiger partial charge in [-0.15, -0.1) is 0 Å². The van der Waals surface area contributed by atoms with Crippen molar-refractivity contribution in [3.05, 3.63) is 48.3 Å². The van der Waals surface area contributed by atoms with Gasteiger partial charge >= 0.3 is 0 Å². The Kier molecular flexibility index (Phi) is 6.30. The van der Waals surface area contributed by atoms with Gasteiger partial charge in [0.05, 0.1) is 23.4 Å². The van der Waals surface area contributed by atoms with Gasteiger partial charge in [0.2, 0.25) is 10.0 Å². The Hall–Kier alpha value is -2.49. The second-order valence-electron chi connectivity index (χ2n) is 5.78. The molecule has 26 heavy (non-hydrogen) atoms. The van der Waals surface area contributed by atoms with Crippen LogP contribution in [0.4, 0.5) is 10.1 Å². The van der Waals surface area contributed by atoms with Crippen LogP contribution in [0, 0.1) is 5.82 Å². The number of benzene rings is 2. The first kappa shape index (κ1) is 19.8. The Bertz CT molecular complexity index is 912. The van der Waals surface area contributed by atoms with Crippen molar-refractivity contribution in [1.29, 1.82) is 0 Å². The second-order valence-corrected chi connectivity index (χ2v) is 7.35. The van der Waals surface area contributed by atoms with Crippen molar-refractivity contribution in [3.8, 4) is 11.1 Å². The number of sulfonamides is 1. The van der Waals surface area contributed by atoms with Crippen LogP contribution in [0.3, 0.4) is 0 Å².